The molecule has 104 valence electrons. The maximum atomic E-state index is 11.1. The van der Waals surface area contributed by atoms with Gasteiger partial charge in [0.15, 0.2) is 0 Å². The van der Waals surface area contributed by atoms with Gasteiger partial charge in [-0.1, -0.05) is 0 Å². The first-order chi connectivity index (χ1) is 9.32. The lowest BCUT2D eigenvalue weighted by atomic mass is 10.1. The summed E-state index contributed by atoms with van der Waals surface area (Å²) in [6.45, 7) is 3.61. The molecule has 0 aliphatic heterocycles. The molecule has 1 N–H and O–H groups in total. The number of carboxylic acid groups (broad SMARTS) is 1. The number of benzene rings is 1. The molecule has 1 aromatic heterocycles. The summed E-state index contributed by atoms with van der Waals surface area (Å²) < 4.78 is 2.35. The van der Waals surface area contributed by atoms with Gasteiger partial charge < -0.3 is 5.11 Å². The lowest BCUT2D eigenvalue weighted by Gasteiger charge is -2.06. The first kappa shape index (κ1) is 14.2. The second kappa shape index (κ2) is 5.04. The minimum absolute atomic E-state index is 0.365. The van der Waals surface area contributed by atoms with Crippen molar-refractivity contribution < 1.29 is 14.8 Å². The van der Waals surface area contributed by atoms with Crippen molar-refractivity contribution in [3.05, 3.63) is 49.7 Å². The summed E-state index contributed by atoms with van der Waals surface area (Å²) in [6, 6.07) is 3.88. The van der Waals surface area contributed by atoms with Gasteiger partial charge in [0, 0.05) is 6.07 Å². The largest absolute Gasteiger partial charge is 0.477 e. The normalized spacial score (nSPS) is 10.6. The minimum Gasteiger partial charge on any atom is -0.477 e. The molecule has 0 atom stereocenters. The SMILES string of the molecule is Cc1nn(-c2ccc([N+](=O)[O-])c(C(=O)O)c2)c(C)c1Br. The predicted molar refractivity (Wildman–Crippen MR) is 74.4 cm³/mol. The van der Waals surface area contributed by atoms with Crippen LogP contribution in [0, 0.1) is 24.0 Å². The summed E-state index contributed by atoms with van der Waals surface area (Å²) in [5.74, 6) is -1.35. The summed E-state index contributed by atoms with van der Waals surface area (Å²) >= 11 is 3.37. The number of aromatic nitrogens is 2. The highest BCUT2D eigenvalue weighted by atomic mass is 79.9. The Morgan fingerprint density at radius 2 is 2.10 bits per heavy atom. The zero-order valence-corrected chi connectivity index (χ0v) is 12.2. The molecule has 7 nitrogen and oxygen atoms in total. The van der Waals surface area contributed by atoms with Crippen LogP contribution in [0.4, 0.5) is 5.69 Å². The molecule has 1 heterocycles. The average Bonchev–Trinajstić information content (AvgIpc) is 2.65. The van der Waals surface area contributed by atoms with Gasteiger partial charge in [0.2, 0.25) is 0 Å². The van der Waals surface area contributed by atoms with Crippen LogP contribution in [0.1, 0.15) is 21.7 Å². The number of nitro groups is 1. The van der Waals surface area contributed by atoms with E-state index in [1.54, 1.807) is 6.92 Å². The predicted octanol–water partition coefficient (Wildman–Crippen LogP) is 2.86. The smallest absolute Gasteiger partial charge is 0.342 e. The van der Waals surface area contributed by atoms with Gasteiger partial charge in [-0.3, -0.25) is 10.1 Å². The molecule has 0 radical (unpaired) electrons. The van der Waals surface area contributed by atoms with Crippen LogP contribution >= 0.6 is 15.9 Å². The van der Waals surface area contributed by atoms with Crippen LogP contribution in [0.5, 0.6) is 0 Å². The van der Waals surface area contributed by atoms with E-state index in [0.717, 1.165) is 15.9 Å². The zero-order valence-electron chi connectivity index (χ0n) is 10.6. The summed E-state index contributed by atoms with van der Waals surface area (Å²) in [7, 11) is 0. The Hall–Kier alpha value is -2.22. The molecule has 0 unspecified atom stereocenters. The van der Waals surface area contributed by atoms with Crippen molar-refractivity contribution in [2.75, 3.05) is 0 Å². The quantitative estimate of drug-likeness (QED) is 0.684. The van der Waals surface area contributed by atoms with E-state index in [0.29, 0.717) is 5.69 Å². The van der Waals surface area contributed by atoms with Crippen LogP contribution in [0.2, 0.25) is 0 Å². The van der Waals surface area contributed by atoms with Crippen LogP contribution in [0.25, 0.3) is 5.69 Å². The molecule has 0 spiro atoms. The number of nitro benzene ring substituents is 1. The monoisotopic (exact) mass is 339 g/mol. The molecule has 1 aromatic carbocycles. The highest BCUT2D eigenvalue weighted by molar-refractivity contribution is 9.10. The van der Waals surface area contributed by atoms with Gasteiger partial charge in [-0.05, 0) is 41.9 Å². The minimum atomic E-state index is -1.35. The third-order valence-electron chi connectivity index (χ3n) is 2.85. The Labute approximate surface area is 122 Å². The first-order valence-corrected chi connectivity index (χ1v) is 6.36. The van der Waals surface area contributed by atoms with E-state index in [1.165, 1.54) is 22.9 Å². The van der Waals surface area contributed by atoms with E-state index >= 15 is 0 Å². The van der Waals surface area contributed by atoms with Crippen molar-refractivity contribution in [2.24, 2.45) is 0 Å². The van der Waals surface area contributed by atoms with Crippen molar-refractivity contribution >= 4 is 27.6 Å². The van der Waals surface area contributed by atoms with Crippen molar-refractivity contribution in [3.8, 4) is 5.69 Å². The Kier molecular flexibility index (Phi) is 3.58. The molecule has 0 bridgehead atoms. The summed E-state index contributed by atoms with van der Waals surface area (Å²) in [6.07, 6.45) is 0. The van der Waals surface area contributed by atoms with E-state index < -0.39 is 16.6 Å². The molecule has 2 rings (SSSR count). The molecule has 0 fully saturated rings. The maximum absolute atomic E-state index is 11.1. The molecule has 0 aliphatic rings. The number of carbonyl (C=O) groups is 1. The van der Waals surface area contributed by atoms with E-state index in [9.17, 15) is 14.9 Å². The summed E-state index contributed by atoms with van der Waals surface area (Å²) in [5, 5.41) is 24.1. The number of aromatic carboxylic acids is 1. The summed E-state index contributed by atoms with van der Waals surface area (Å²) in [5.41, 5.74) is 1.18. The number of carboxylic acids is 1. The van der Waals surface area contributed by atoms with Crippen LogP contribution in [0.15, 0.2) is 22.7 Å². The van der Waals surface area contributed by atoms with Gasteiger partial charge in [0.1, 0.15) is 5.56 Å². The van der Waals surface area contributed by atoms with Crippen LogP contribution in [-0.2, 0) is 0 Å². The third kappa shape index (κ3) is 2.29. The molecular formula is C12H10BrN3O4. The molecule has 0 saturated carbocycles. The Morgan fingerprint density at radius 3 is 2.55 bits per heavy atom. The van der Waals surface area contributed by atoms with Crippen LogP contribution in [0.3, 0.4) is 0 Å². The number of rotatable bonds is 3. The molecule has 0 aliphatic carbocycles. The second-order valence-electron chi connectivity index (χ2n) is 4.16. The van der Waals surface area contributed by atoms with Gasteiger partial charge >= 0.3 is 5.97 Å². The Balaban J connectivity index is 2.65. The fraction of sp³-hybridized carbons (Fsp3) is 0.167. The highest BCUT2D eigenvalue weighted by Crippen LogP contribution is 2.26. The van der Waals surface area contributed by atoms with Crippen molar-refractivity contribution in [1.82, 2.24) is 9.78 Å². The van der Waals surface area contributed by atoms with E-state index in [1.807, 2.05) is 6.92 Å². The van der Waals surface area contributed by atoms with Gasteiger partial charge in [-0.2, -0.15) is 5.10 Å². The fourth-order valence-electron chi connectivity index (χ4n) is 1.86. The lowest BCUT2D eigenvalue weighted by Crippen LogP contribution is -2.06. The Bertz CT molecular complexity index is 724. The number of hydrogen-bond acceptors (Lipinski definition) is 4. The molecular weight excluding hydrogens is 330 g/mol. The lowest BCUT2D eigenvalue weighted by molar-refractivity contribution is -0.385. The number of aryl methyl sites for hydroxylation is 1. The number of hydrogen-bond donors (Lipinski definition) is 1. The van der Waals surface area contributed by atoms with Crippen LogP contribution < -0.4 is 0 Å². The zero-order chi connectivity index (χ0) is 15.0. The standard InChI is InChI=1S/C12H10BrN3O4/c1-6-11(13)7(2)15(14-6)8-3-4-10(16(19)20)9(5-8)12(17)18/h3-5H,1-2H3,(H,17,18). The topological polar surface area (TPSA) is 98.3 Å². The molecule has 2 aromatic rings. The van der Waals surface area contributed by atoms with Gasteiger partial charge in [-0.15, -0.1) is 0 Å². The van der Waals surface area contributed by atoms with Crippen molar-refractivity contribution in [2.45, 2.75) is 13.8 Å². The first-order valence-electron chi connectivity index (χ1n) is 5.56. The van der Waals surface area contributed by atoms with E-state index in [-0.39, 0.29) is 5.56 Å². The maximum Gasteiger partial charge on any atom is 0.342 e. The van der Waals surface area contributed by atoms with Crippen molar-refractivity contribution in [3.63, 3.8) is 0 Å². The Morgan fingerprint density at radius 1 is 1.45 bits per heavy atom. The van der Waals surface area contributed by atoms with Crippen LogP contribution in [-0.4, -0.2) is 25.8 Å². The van der Waals surface area contributed by atoms with Gasteiger partial charge in [0.25, 0.3) is 5.69 Å². The third-order valence-corrected chi connectivity index (χ3v) is 4.00. The van der Waals surface area contributed by atoms with E-state index in [2.05, 4.69) is 21.0 Å². The molecule has 20 heavy (non-hydrogen) atoms. The number of nitrogens with zero attached hydrogens (tertiary/aromatic N) is 3. The second-order valence-corrected chi connectivity index (χ2v) is 4.95. The molecule has 0 amide bonds. The number of halogens is 1. The summed E-state index contributed by atoms with van der Waals surface area (Å²) in [4.78, 5) is 21.2. The highest BCUT2D eigenvalue weighted by Gasteiger charge is 2.21. The van der Waals surface area contributed by atoms with Gasteiger partial charge in [-0.25, -0.2) is 9.48 Å². The van der Waals surface area contributed by atoms with Gasteiger partial charge in [0.05, 0.1) is 26.5 Å². The molecule has 8 heteroatoms. The van der Waals surface area contributed by atoms with Crippen molar-refractivity contribution in [1.29, 1.82) is 0 Å². The fourth-order valence-corrected chi connectivity index (χ4v) is 2.11. The average molecular weight is 340 g/mol. The molecule has 0 saturated heterocycles. The van der Waals surface area contributed by atoms with E-state index in [4.69, 9.17) is 5.11 Å².